The number of anilines is 1. The van der Waals surface area contributed by atoms with Crippen LogP contribution in [-0.4, -0.2) is 25.5 Å². The molecule has 4 aromatic rings. The van der Waals surface area contributed by atoms with Gasteiger partial charge in [-0.25, -0.2) is 9.07 Å². The van der Waals surface area contributed by atoms with E-state index in [9.17, 15) is 9.18 Å². The summed E-state index contributed by atoms with van der Waals surface area (Å²) in [5.74, 6) is -0.519. The van der Waals surface area contributed by atoms with Crippen LogP contribution in [0.5, 0.6) is 0 Å². The molecular weight excluding hydrogens is 393 g/mol. The summed E-state index contributed by atoms with van der Waals surface area (Å²) in [6.45, 7) is 7.68. The van der Waals surface area contributed by atoms with Crippen LogP contribution in [0.25, 0.3) is 5.69 Å². The number of nitrogens with zero attached hydrogens (tertiary/aromatic N) is 4. The Labute approximate surface area is 180 Å². The van der Waals surface area contributed by atoms with Gasteiger partial charge >= 0.3 is 0 Å². The maximum absolute atomic E-state index is 14.1. The minimum Gasteiger partial charge on any atom is -0.319 e. The van der Waals surface area contributed by atoms with Crippen LogP contribution in [0, 0.1) is 33.5 Å². The Hall–Kier alpha value is -3.74. The summed E-state index contributed by atoms with van der Waals surface area (Å²) in [6, 6.07) is 16.3. The van der Waals surface area contributed by atoms with Gasteiger partial charge in [-0.1, -0.05) is 36.4 Å². The number of rotatable bonds is 5. The van der Waals surface area contributed by atoms with Crippen LogP contribution in [0.3, 0.4) is 0 Å². The molecule has 0 radical (unpaired) electrons. The van der Waals surface area contributed by atoms with Crippen LogP contribution >= 0.6 is 0 Å². The number of hydrogen-bond donors (Lipinski definition) is 1. The van der Waals surface area contributed by atoms with E-state index in [1.807, 2.05) is 58.0 Å². The van der Waals surface area contributed by atoms with E-state index in [4.69, 9.17) is 0 Å². The van der Waals surface area contributed by atoms with Crippen molar-refractivity contribution in [3.8, 4) is 5.69 Å². The van der Waals surface area contributed by atoms with E-state index in [1.54, 1.807) is 27.6 Å². The summed E-state index contributed by atoms with van der Waals surface area (Å²) in [6.07, 6.45) is 0. The average Bonchev–Trinajstić information content (AvgIpc) is 3.20. The van der Waals surface area contributed by atoms with E-state index in [0.29, 0.717) is 34.7 Å². The second kappa shape index (κ2) is 8.18. The third-order valence-electron chi connectivity index (χ3n) is 5.42. The van der Waals surface area contributed by atoms with Gasteiger partial charge in [0.1, 0.15) is 5.82 Å². The van der Waals surface area contributed by atoms with E-state index in [-0.39, 0.29) is 11.7 Å². The van der Waals surface area contributed by atoms with Gasteiger partial charge in [-0.15, -0.1) is 0 Å². The number of aryl methyl sites for hydroxylation is 2. The molecule has 7 heteroatoms. The molecule has 0 atom stereocenters. The fourth-order valence-electron chi connectivity index (χ4n) is 3.79. The molecule has 2 heterocycles. The summed E-state index contributed by atoms with van der Waals surface area (Å²) in [4.78, 5) is 13.2. The number of amides is 1. The standard InChI is InChI=1S/C24H24FN5O/c1-15-22(17(3)30(28-15)20-11-6-5-7-12-20)24(31)26-23-16(2)27-29(18(23)4)14-19-10-8-9-13-21(19)25/h5-13H,14H2,1-4H3,(H,26,31). The van der Waals surface area contributed by atoms with Crippen LogP contribution in [0.1, 0.15) is 38.7 Å². The molecule has 6 nitrogen and oxygen atoms in total. The molecule has 158 valence electrons. The summed E-state index contributed by atoms with van der Waals surface area (Å²) in [5.41, 5.74) is 5.45. The maximum Gasteiger partial charge on any atom is 0.259 e. The van der Waals surface area contributed by atoms with Gasteiger partial charge in [0.05, 0.1) is 46.3 Å². The molecule has 0 aliphatic rings. The van der Waals surface area contributed by atoms with E-state index in [1.165, 1.54) is 6.07 Å². The smallest absolute Gasteiger partial charge is 0.259 e. The number of halogens is 1. The van der Waals surface area contributed by atoms with Crippen molar-refractivity contribution in [1.29, 1.82) is 0 Å². The third-order valence-corrected chi connectivity index (χ3v) is 5.42. The van der Waals surface area contributed by atoms with Gasteiger partial charge in [-0.3, -0.25) is 9.48 Å². The largest absolute Gasteiger partial charge is 0.319 e. The first-order chi connectivity index (χ1) is 14.9. The van der Waals surface area contributed by atoms with Crippen molar-refractivity contribution in [2.45, 2.75) is 34.2 Å². The zero-order valence-electron chi connectivity index (χ0n) is 18.0. The van der Waals surface area contributed by atoms with E-state index in [0.717, 1.165) is 17.1 Å². The van der Waals surface area contributed by atoms with Gasteiger partial charge in [0.25, 0.3) is 5.91 Å². The molecule has 31 heavy (non-hydrogen) atoms. The van der Waals surface area contributed by atoms with Gasteiger partial charge < -0.3 is 5.32 Å². The summed E-state index contributed by atoms with van der Waals surface area (Å²) in [7, 11) is 0. The molecule has 0 spiro atoms. The lowest BCUT2D eigenvalue weighted by Gasteiger charge is -2.09. The minimum absolute atomic E-state index is 0.242. The first kappa shape index (κ1) is 20.5. The highest BCUT2D eigenvalue weighted by atomic mass is 19.1. The lowest BCUT2D eigenvalue weighted by atomic mass is 10.1. The zero-order chi connectivity index (χ0) is 22.1. The van der Waals surface area contributed by atoms with Gasteiger partial charge in [-0.05, 0) is 45.9 Å². The van der Waals surface area contributed by atoms with Crippen LogP contribution in [0.15, 0.2) is 54.6 Å². The number of carbonyl (C=O) groups is 1. The highest BCUT2D eigenvalue weighted by molar-refractivity contribution is 6.06. The highest BCUT2D eigenvalue weighted by Gasteiger charge is 2.22. The monoisotopic (exact) mass is 417 g/mol. The second-order valence-corrected chi connectivity index (χ2v) is 7.54. The Balaban J connectivity index is 1.62. The van der Waals surface area contributed by atoms with E-state index in [2.05, 4.69) is 15.5 Å². The number of aromatic nitrogens is 4. The number of para-hydroxylation sites is 1. The van der Waals surface area contributed by atoms with Crippen LogP contribution in [-0.2, 0) is 6.54 Å². The Kier molecular flexibility index (Phi) is 5.42. The Morgan fingerprint density at radius 1 is 0.903 bits per heavy atom. The minimum atomic E-state index is -0.278. The molecule has 0 bridgehead atoms. The lowest BCUT2D eigenvalue weighted by Crippen LogP contribution is -2.15. The number of nitrogens with one attached hydrogen (secondary N) is 1. The SMILES string of the molecule is Cc1nn(Cc2ccccc2F)c(C)c1NC(=O)c1c(C)nn(-c2ccccc2)c1C. The Morgan fingerprint density at radius 2 is 1.58 bits per heavy atom. The molecule has 0 aliphatic carbocycles. The normalized spacial score (nSPS) is 11.0. The molecule has 4 rings (SSSR count). The van der Waals surface area contributed by atoms with Crippen molar-refractivity contribution in [3.63, 3.8) is 0 Å². The van der Waals surface area contributed by atoms with Crippen molar-refractivity contribution in [2.24, 2.45) is 0 Å². The van der Waals surface area contributed by atoms with Gasteiger partial charge in [0, 0.05) is 5.56 Å². The second-order valence-electron chi connectivity index (χ2n) is 7.54. The molecule has 1 N–H and O–H groups in total. The molecular formula is C24H24FN5O. The molecule has 0 unspecified atom stereocenters. The van der Waals surface area contributed by atoms with Gasteiger partial charge in [-0.2, -0.15) is 10.2 Å². The van der Waals surface area contributed by atoms with Crippen molar-refractivity contribution in [1.82, 2.24) is 19.6 Å². The number of benzene rings is 2. The van der Waals surface area contributed by atoms with Crippen molar-refractivity contribution in [2.75, 3.05) is 5.32 Å². The van der Waals surface area contributed by atoms with Crippen molar-refractivity contribution < 1.29 is 9.18 Å². The molecule has 2 aromatic heterocycles. The number of hydrogen-bond acceptors (Lipinski definition) is 3. The molecule has 0 saturated carbocycles. The zero-order valence-corrected chi connectivity index (χ0v) is 18.0. The van der Waals surface area contributed by atoms with Crippen molar-refractivity contribution >= 4 is 11.6 Å². The molecule has 2 aromatic carbocycles. The molecule has 0 fully saturated rings. The topological polar surface area (TPSA) is 64.7 Å². The Bertz CT molecular complexity index is 1260. The summed E-state index contributed by atoms with van der Waals surface area (Å²) in [5, 5.41) is 12.1. The fraction of sp³-hybridized carbons (Fsp3) is 0.208. The van der Waals surface area contributed by atoms with Crippen LogP contribution < -0.4 is 5.32 Å². The van der Waals surface area contributed by atoms with Gasteiger partial charge in [0.15, 0.2) is 0 Å². The predicted octanol–water partition coefficient (Wildman–Crippen LogP) is 4.74. The lowest BCUT2D eigenvalue weighted by molar-refractivity contribution is 0.102. The third kappa shape index (κ3) is 3.86. The van der Waals surface area contributed by atoms with Crippen LogP contribution in [0.2, 0.25) is 0 Å². The number of carbonyl (C=O) groups excluding carboxylic acids is 1. The highest BCUT2D eigenvalue weighted by Crippen LogP contribution is 2.24. The first-order valence-corrected chi connectivity index (χ1v) is 10.1. The average molecular weight is 417 g/mol. The van der Waals surface area contributed by atoms with E-state index < -0.39 is 0 Å². The Morgan fingerprint density at radius 3 is 2.29 bits per heavy atom. The van der Waals surface area contributed by atoms with Gasteiger partial charge in [0.2, 0.25) is 0 Å². The van der Waals surface area contributed by atoms with Crippen LogP contribution in [0.4, 0.5) is 10.1 Å². The summed E-state index contributed by atoms with van der Waals surface area (Å²) < 4.78 is 17.5. The maximum atomic E-state index is 14.1. The molecule has 0 aliphatic heterocycles. The fourth-order valence-corrected chi connectivity index (χ4v) is 3.79. The van der Waals surface area contributed by atoms with E-state index >= 15 is 0 Å². The summed E-state index contributed by atoms with van der Waals surface area (Å²) >= 11 is 0. The molecule has 1 amide bonds. The predicted molar refractivity (Wildman–Crippen MR) is 118 cm³/mol. The quantitative estimate of drug-likeness (QED) is 0.510. The first-order valence-electron chi connectivity index (χ1n) is 10.1. The molecule has 0 saturated heterocycles. The van der Waals surface area contributed by atoms with Crippen molar-refractivity contribution in [3.05, 3.63) is 94.3 Å².